The number of fused-ring (bicyclic) bond motifs is 2. The first-order chi connectivity index (χ1) is 15.0. The Morgan fingerprint density at radius 2 is 2.10 bits per heavy atom. The zero-order valence-corrected chi connectivity index (χ0v) is 16.8. The molecule has 0 bridgehead atoms. The van der Waals surface area contributed by atoms with E-state index >= 15 is 0 Å². The van der Waals surface area contributed by atoms with Gasteiger partial charge in [0.05, 0.1) is 29.1 Å². The minimum absolute atomic E-state index is 0.0773. The molecule has 1 aromatic carbocycles. The summed E-state index contributed by atoms with van der Waals surface area (Å²) in [6, 6.07) is 12.7. The number of pyridine rings is 1. The molecule has 7 heteroatoms. The molecule has 0 saturated heterocycles. The van der Waals surface area contributed by atoms with Crippen molar-refractivity contribution < 1.29 is 18.7 Å². The predicted octanol–water partition coefficient (Wildman–Crippen LogP) is 4.22. The zero-order valence-electron chi connectivity index (χ0n) is 16.8. The second-order valence-electron chi connectivity index (χ2n) is 7.30. The first-order valence-electron chi connectivity index (χ1n) is 9.80. The van der Waals surface area contributed by atoms with Gasteiger partial charge in [-0.3, -0.25) is 4.79 Å². The molecule has 0 amide bonds. The van der Waals surface area contributed by atoms with Gasteiger partial charge in [-0.2, -0.15) is 5.26 Å². The van der Waals surface area contributed by atoms with Crippen molar-refractivity contribution in [2.45, 2.75) is 19.8 Å². The monoisotopic (exact) mass is 413 g/mol. The third kappa shape index (κ3) is 3.88. The van der Waals surface area contributed by atoms with Crippen LogP contribution in [0.15, 0.2) is 47.1 Å². The minimum Gasteiger partial charge on any atom is -0.465 e. The van der Waals surface area contributed by atoms with Gasteiger partial charge in [0.1, 0.15) is 11.7 Å². The Morgan fingerprint density at radius 1 is 1.29 bits per heavy atom. The highest BCUT2D eigenvalue weighted by Crippen LogP contribution is 2.37. The summed E-state index contributed by atoms with van der Waals surface area (Å²) in [4.78, 5) is 30.0. The van der Waals surface area contributed by atoms with Gasteiger partial charge in [0.25, 0.3) is 0 Å². The summed E-state index contributed by atoms with van der Waals surface area (Å²) in [6.45, 7) is 0.817. The van der Waals surface area contributed by atoms with Crippen molar-refractivity contribution in [1.82, 2.24) is 4.98 Å². The first kappa shape index (κ1) is 20.2. The third-order valence-corrected chi connectivity index (χ3v) is 5.24. The van der Waals surface area contributed by atoms with Crippen molar-refractivity contribution in [3.05, 3.63) is 65.2 Å². The molecule has 3 aromatic rings. The van der Waals surface area contributed by atoms with Gasteiger partial charge in [-0.1, -0.05) is 18.2 Å². The Bertz CT molecular complexity index is 1270. The van der Waals surface area contributed by atoms with Crippen molar-refractivity contribution in [2.24, 2.45) is 5.92 Å². The molecule has 0 aliphatic heterocycles. The standard InChI is InChI=1S/C24H19N3O4/c1-14(26)19(12-25)21(28)13-31-24(29)22-17-6-2-3-7-20(17)27-23-15(8-9-18(22)23)11-16-5-4-10-30-16/h2-7,10-11,19,26H,8-9,13H2,1H3/b15-11+,26-14?. The van der Waals surface area contributed by atoms with E-state index in [0.29, 0.717) is 35.1 Å². The molecule has 31 heavy (non-hydrogen) atoms. The van der Waals surface area contributed by atoms with Gasteiger partial charge in [-0.15, -0.1) is 0 Å². The molecule has 0 saturated carbocycles. The summed E-state index contributed by atoms with van der Waals surface area (Å²) in [6.07, 6.45) is 4.82. The molecule has 1 aliphatic carbocycles. The van der Waals surface area contributed by atoms with Crippen LogP contribution < -0.4 is 0 Å². The van der Waals surface area contributed by atoms with Crippen LogP contribution in [0.25, 0.3) is 22.6 Å². The minimum atomic E-state index is -1.21. The molecule has 7 nitrogen and oxygen atoms in total. The molecule has 2 aromatic heterocycles. The Balaban J connectivity index is 1.71. The topological polar surface area (TPSA) is 117 Å². The number of hydrogen-bond acceptors (Lipinski definition) is 7. The number of benzene rings is 1. The number of aromatic nitrogens is 1. The molecule has 0 fully saturated rings. The average Bonchev–Trinajstić information content (AvgIpc) is 3.41. The molecular formula is C24H19N3O4. The van der Waals surface area contributed by atoms with Crippen molar-refractivity contribution in [3.8, 4) is 6.07 Å². The fourth-order valence-electron chi connectivity index (χ4n) is 3.76. The Labute approximate surface area is 178 Å². The smallest absolute Gasteiger partial charge is 0.339 e. The van der Waals surface area contributed by atoms with Gasteiger partial charge in [-0.05, 0) is 55.2 Å². The van der Waals surface area contributed by atoms with Crippen LogP contribution in [0.1, 0.15) is 40.7 Å². The Morgan fingerprint density at radius 3 is 2.81 bits per heavy atom. The fraction of sp³-hybridized carbons (Fsp3) is 0.208. The summed E-state index contributed by atoms with van der Waals surface area (Å²) in [5, 5.41) is 17.3. The lowest BCUT2D eigenvalue weighted by Crippen LogP contribution is -2.26. The first-order valence-corrected chi connectivity index (χ1v) is 9.80. The zero-order chi connectivity index (χ0) is 22.0. The van der Waals surface area contributed by atoms with Crippen LogP contribution in [-0.2, 0) is 16.0 Å². The average molecular weight is 413 g/mol. The van der Waals surface area contributed by atoms with E-state index in [4.69, 9.17) is 24.8 Å². The highest BCUT2D eigenvalue weighted by atomic mass is 16.5. The van der Waals surface area contributed by atoms with Crippen LogP contribution in [0, 0.1) is 22.7 Å². The molecule has 4 rings (SSSR count). The molecule has 1 unspecified atom stereocenters. The molecular weight excluding hydrogens is 394 g/mol. The Kier molecular flexibility index (Phi) is 5.46. The predicted molar refractivity (Wildman–Crippen MR) is 114 cm³/mol. The fourth-order valence-corrected chi connectivity index (χ4v) is 3.76. The number of nitrogens with one attached hydrogen (secondary N) is 1. The van der Waals surface area contributed by atoms with Crippen LogP contribution in [0.4, 0.5) is 0 Å². The van der Waals surface area contributed by atoms with Gasteiger partial charge in [0.15, 0.2) is 12.4 Å². The summed E-state index contributed by atoms with van der Waals surface area (Å²) < 4.78 is 10.7. The van der Waals surface area contributed by atoms with Crippen molar-refractivity contribution >= 4 is 40.0 Å². The number of allylic oxidation sites excluding steroid dienone is 1. The van der Waals surface area contributed by atoms with Crippen LogP contribution >= 0.6 is 0 Å². The maximum atomic E-state index is 13.1. The Hall–Kier alpha value is -4.05. The number of carbonyl (C=O) groups is 2. The van der Waals surface area contributed by atoms with Crippen LogP contribution in [0.2, 0.25) is 0 Å². The van der Waals surface area contributed by atoms with Crippen LogP contribution in [-0.4, -0.2) is 29.1 Å². The van der Waals surface area contributed by atoms with Crippen molar-refractivity contribution in [1.29, 1.82) is 10.7 Å². The lowest BCUT2D eigenvalue weighted by atomic mass is 10.0. The highest BCUT2D eigenvalue weighted by molar-refractivity contribution is 6.09. The maximum Gasteiger partial charge on any atom is 0.339 e. The normalized spacial score (nSPS) is 14.8. The number of nitrogens with zero attached hydrogens (tertiary/aromatic N) is 2. The molecule has 0 radical (unpaired) electrons. The largest absolute Gasteiger partial charge is 0.465 e. The van der Waals surface area contributed by atoms with Crippen LogP contribution in [0.5, 0.6) is 0 Å². The SMILES string of the molecule is CC(=N)C(C#N)C(=O)COC(=O)c1c2c(nc3ccccc13)/C(=C/c1ccco1)CC2. The number of ketones is 1. The van der Waals surface area contributed by atoms with Crippen LogP contribution in [0.3, 0.4) is 0 Å². The molecule has 1 N–H and O–H groups in total. The van der Waals surface area contributed by atoms with E-state index in [9.17, 15) is 9.59 Å². The lowest BCUT2D eigenvalue weighted by molar-refractivity contribution is -0.122. The molecule has 154 valence electrons. The van der Waals surface area contributed by atoms with E-state index in [0.717, 1.165) is 16.8 Å². The number of furan rings is 1. The van der Waals surface area contributed by atoms with Crippen molar-refractivity contribution in [2.75, 3.05) is 6.61 Å². The van der Waals surface area contributed by atoms with Gasteiger partial charge in [0, 0.05) is 11.1 Å². The number of ether oxygens (including phenoxy) is 1. The molecule has 2 heterocycles. The second kappa shape index (κ2) is 8.36. The molecule has 1 atom stereocenters. The number of rotatable bonds is 6. The number of nitriles is 1. The molecule has 1 aliphatic rings. The number of hydrogen-bond donors (Lipinski definition) is 1. The number of esters is 1. The summed E-state index contributed by atoms with van der Waals surface area (Å²) in [5.41, 5.74) is 3.41. The van der Waals surface area contributed by atoms with E-state index in [1.54, 1.807) is 24.5 Å². The highest BCUT2D eigenvalue weighted by Gasteiger charge is 2.29. The van der Waals surface area contributed by atoms with E-state index in [-0.39, 0.29) is 5.71 Å². The second-order valence-corrected chi connectivity index (χ2v) is 7.30. The molecule has 0 spiro atoms. The van der Waals surface area contributed by atoms with E-state index in [1.165, 1.54) is 6.92 Å². The number of Topliss-reactive ketones (excluding diaryl/α,β-unsaturated/α-hetero) is 1. The summed E-state index contributed by atoms with van der Waals surface area (Å²) >= 11 is 0. The van der Waals surface area contributed by atoms with E-state index in [1.807, 2.05) is 30.3 Å². The maximum absolute atomic E-state index is 13.1. The summed E-state index contributed by atoms with van der Waals surface area (Å²) in [7, 11) is 0. The number of carbonyl (C=O) groups excluding carboxylic acids is 2. The quantitative estimate of drug-likeness (QED) is 0.478. The van der Waals surface area contributed by atoms with Crippen molar-refractivity contribution in [3.63, 3.8) is 0 Å². The van der Waals surface area contributed by atoms with E-state index < -0.39 is 24.3 Å². The lowest BCUT2D eigenvalue weighted by Gasteiger charge is -2.13. The van der Waals surface area contributed by atoms with Gasteiger partial charge in [-0.25, -0.2) is 9.78 Å². The number of para-hydroxylation sites is 1. The van der Waals surface area contributed by atoms with E-state index in [2.05, 4.69) is 0 Å². The third-order valence-electron chi connectivity index (χ3n) is 5.24. The van der Waals surface area contributed by atoms with Gasteiger partial charge in [0.2, 0.25) is 0 Å². The van der Waals surface area contributed by atoms with Gasteiger partial charge < -0.3 is 14.6 Å². The summed E-state index contributed by atoms with van der Waals surface area (Å²) in [5.74, 6) is -1.76. The van der Waals surface area contributed by atoms with Gasteiger partial charge >= 0.3 is 5.97 Å².